The summed E-state index contributed by atoms with van der Waals surface area (Å²) in [6.45, 7) is 3.12. The molecule has 0 saturated carbocycles. The van der Waals surface area contributed by atoms with Crippen molar-refractivity contribution in [3.8, 4) is 0 Å². The zero-order valence-electron chi connectivity index (χ0n) is 9.80. The Bertz CT molecular complexity index is 444. The third-order valence-electron chi connectivity index (χ3n) is 2.67. The first kappa shape index (κ1) is 12.5. The topological polar surface area (TPSA) is 118 Å². The molecule has 1 aliphatic heterocycles. The number of carbonyl (C=O) groups excluding carboxylic acids is 2. The van der Waals surface area contributed by atoms with Gasteiger partial charge in [-0.15, -0.1) is 5.10 Å². The minimum absolute atomic E-state index is 0.0306. The molecule has 0 atom stereocenters. The zero-order valence-corrected chi connectivity index (χ0v) is 9.80. The van der Waals surface area contributed by atoms with Crippen molar-refractivity contribution < 1.29 is 9.59 Å². The first-order chi connectivity index (χ1) is 8.69. The van der Waals surface area contributed by atoms with Crippen LogP contribution < -0.4 is 16.6 Å². The molecule has 9 heteroatoms. The second-order valence-electron chi connectivity index (χ2n) is 3.97. The van der Waals surface area contributed by atoms with Crippen molar-refractivity contribution in [2.24, 2.45) is 5.84 Å². The van der Waals surface area contributed by atoms with Gasteiger partial charge in [-0.3, -0.25) is 24.6 Å². The number of piperazine rings is 1. The summed E-state index contributed by atoms with van der Waals surface area (Å²) in [4.78, 5) is 24.3. The minimum atomic E-state index is -0.474. The highest BCUT2D eigenvalue weighted by molar-refractivity contribution is 5.91. The van der Waals surface area contributed by atoms with Gasteiger partial charge >= 0.3 is 0 Å². The number of nitrogens with zero attached hydrogens (tertiary/aromatic N) is 4. The number of hydrogen-bond donors (Lipinski definition) is 3. The third-order valence-corrected chi connectivity index (χ3v) is 2.67. The van der Waals surface area contributed by atoms with E-state index in [0.717, 1.165) is 6.54 Å². The van der Waals surface area contributed by atoms with E-state index in [4.69, 9.17) is 5.84 Å². The van der Waals surface area contributed by atoms with Crippen molar-refractivity contribution >= 4 is 11.8 Å². The monoisotopic (exact) mass is 253 g/mol. The highest BCUT2D eigenvalue weighted by atomic mass is 16.2. The Kier molecular flexibility index (Phi) is 3.85. The van der Waals surface area contributed by atoms with E-state index in [-0.39, 0.29) is 11.6 Å². The van der Waals surface area contributed by atoms with E-state index in [1.54, 1.807) is 4.68 Å². The maximum atomic E-state index is 11.2. The van der Waals surface area contributed by atoms with Crippen LogP contribution in [0.3, 0.4) is 0 Å². The van der Waals surface area contributed by atoms with Gasteiger partial charge in [0.2, 0.25) is 5.91 Å². The molecule has 4 N–H and O–H groups in total. The van der Waals surface area contributed by atoms with Crippen molar-refractivity contribution in [1.29, 1.82) is 0 Å². The number of rotatable bonds is 4. The zero-order chi connectivity index (χ0) is 13.0. The fourth-order valence-electron chi connectivity index (χ4n) is 1.71. The van der Waals surface area contributed by atoms with Crippen LogP contribution in [0, 0.1) is 0 Å². The van der Waals surface area contributed by atoms with E-state index in [0.29, 0.717) is 26.2 Å². The first-order valence-corrected chi connectivity index (χ1v) is 5.59. The lowest BCUT2D eigenvalue weighted by atomic mass is 10.3. The molecule has 1 saturated heterocycles. The Hall–Kier alpha value is -2.00. The van der Waals surface area contributed by atoms with Crippen molar-refractivity contribution in [2.75, 3.05) is 26.2 Å². The average Bonchev–Trinajstić information content (AvgIpc) is 2.84. The quantitative estimate of drug-likeness (QED) is 0.305. The van der Waals surface area contributed by atoms with Crippen LogP contribution in [-0.4, -0.2) is 57.9 Å². The summed E-state index contributed by atoms with van der Waals surface area (Å²) >= 11 is 0. The summed E-state index contributed by atoms with van der Waals surface area (Å²) < 4.78 is 1.55. The van der Waals surface area contributed by atoms with Gasteiger partial charge in [0.25, 0.3) is 5.91 Å². The molecule has 98 valence electrons. The highest BCUT2D eigenvalue weighted by Gasteiger charge is 2.16. The molecule has 1 aromatic heterocycles. The van der Waals surface area contributed by atoms with E-state index >= 15 is 0 Å². The molecule has 0 unspecified atom stereocenters. The van der Waals surface area contributed by atoms with Gasteiger partial charge in [-0.1, -0.05) is 5.21 Å². The Balaban J connectivity index is 1.84. The predicted octanol–water partition coefficient (Wildman–Crippen LogP) is -2.69. The molecule has 0 radical (unpaired) electrons. The lowest BCUT2D eigenvalue weighted by Crippen LogP contribution is -2.48. The normalized spacial score (nSPS) is 16.4. The van der Waals surface area contributed by atoms with Gasteiger partial charge in [0.1, 0.15) is 0 Å². The molecule has 2 heterocycles. The standard InChI is InChI=1S/C9H15N7O2/c10-12-9(18)7-5-16(14-13-7)4-3-15-2-1-11-8(17)6-15/h5H,1-4,6,10H2,(H,11,17)(H,12,18). The summed E-state index contributed by atoms with van der Waals surface area (Å²) in [5.41, 5.74) is 2.16. The minimum Gasteiger partial charge on any atom is -0.354 e. The van der Waals surface area contributed by atoms with Crippen LogP contribution in [0.5, 0.6) is 0 Å². The van der Waals surface area contributed by atoms with Crippen LogP contribution >= 0.6 is 0 Å². The third kappa shape index (κ3) is 3.02. The van der Waals surface area contributed by atoms with Gasteiger partial charge in [-0.05, 0) is 0 Å². The SMILES string of the molecule is NNC(=O)c1cn(CCN2CCNC(=O)C2)nn1. The number of nitrogens with two attached hydrogens (primary N) is 1. The van der Waals surface area contributed by atoms with Gasteiger partial charge in [0.05, 0.1) is 19.3 Å². The molecule has 0 bridgehead atoms. The number of hydrogen-bond acceptors (Lipinski definition) is 6. The lowest BCUT2D eigenvalue weighted by Gasteiger charge is -2.25. The van der Waals surface area contributed by atoms with Crippen LogP contribution in [-0.2, 0) is 11.3 Å². The van der Waals surface area contributed by atoms with Crippen molar-refractivity contribution in [1.82, 2.24) is 30.6 Å². The molecule has 1 aromatic rings. The first-order valence-electron chi connectivity index (χ1n) is 5.59. The smallest absolute Gasteiger partial charge is 0.287 e. The van der Waals surface area contributed by atoms with E-state index in [9.17, 15) is 9.59 Å². The van der Waals surface area contributed by atoms with E-state index in [1.165, 1.54) is 6.20 Å². The van der Waals surface area contributed by atoms with Crippen LogP contribution in [0.2, 0.25) is 0 Å². The lowest BCUT2D eigenvalue weighted by molar-refractivity contribution is -0.124. The Morgan fingerprint density at radius 2 is 2.39 bits per heavy atom. The Morgan fingerprint density at radius 3 is 3.11 bits per heavy atom. The second kappa shape index (κ2) is 5.56. The summed E-state index contributed by atoms with van der Waals surface area (Å²) in [7, 11) is 0. The van der Waals surface area contributed by atoms with Gasteiger partial charge < -0.3 is 5.32 Å². The van der Waals surface area contributed by atoms with Gasteiger partial charge in [-0.25, -0.2) is 5.84 Å². The maximum Gasteiger partial charge on any atom is 0.287 e. The molecule has 0 spiro atoms. The highest BCUT2D eigenvalue weighted by Crippen LogP contribution is 1.96. The van der Waals surface area contributed by atoms with Crippen molar-refractivity contribution in [3.63, 3.8) is 0 Å². The summed E-state index contributed by atoms with van der Waals surface area (Å²) in [5.74, 6) is 4.55. The number of aromatic nitrogens is 3. The number of amides is 2. The fraction of sp³-hybridized carbons (Fsp3) is 0.556. The summed E-state index contributed by atoms with van der Waals surface area (Å²) in [6, 6.07) is 0. The summed E-state index contributed by atoms with van der Waals surface area (Å²) in [6.07, 6.45) is 1.52. The average molecular weight is 253 g/mol. The predicted molar refractivity (Wildman–Crippen MR) is 61.1 cm³/mol. The number of nitrogen functional groups attached to an aromatic ring is 1. The molecule has 1 aliphatic rings. The van der Waals surface area contributed by atoms with Crippen LogP contribution in [0.25, 0.3) is 0 Å². The fourth-order valence-corrected chi connectivity index (χ4v) is 1.71. The van der Waals surface area contributed by atoms with E-state index in [1.807, 2.05) is 10.3 Å². The molecule has 0 aliphatic carbocycles. The molecule has 18 heavy (non-hydrogen) atoms. The molecule has 1 fully saturated rings. The largest absolute Gasteiger partial charge is 0.354 e. The maximum absolute atomic E-state index is 11.2. The summed E-state index contributed by atoms with van der Waals surface area (Å²) in [5, 5.41) is 10.3. The van der Waals surface area contributed by atoms with Crippen LogP contribution in [0.1, 0.15) is 10.5 Å². The Labute approximate surface area is 103 Å². The molecule has 9 nitrogen and oxygen atoms in total. The Morgan fingerprint density at radius 1 is 1.56 bits per heavy atom. The molecule has 0 aromatic carbocycles. The van der Waals surface area contributed by atoms with Gasteiger partial charge in [-0.2, -0.15) is 0 Å². The number of nitrogens with one attached hydrogen (secondary N) is 2. The van der Waals surface area contributed by atoms with Crippen LogP contribution in [0.15, 0.2) is 6.20 Å². The number of hydrazine groups is 1. The molecular formula is C9H15N7O2. The van der Waals surface area contributed by atoms with E-state index in [2.05, 4.69) is 15.6 Å². The number of carbonyl (C=O) groups is 2. The van der Waals surface area contributed by atoms with Crippen molar-refractivity contribution in [3.05, 3.63) is 11.9 Å². The van der Waals surface area contributed by atoms with Crippen molar-refractivity contribution in [2.45, 2.75) is 6.54 Å². The second-order valence-corrected chi connectivity index (χ2v) is 3.97. The van der Waals surface area contributed by atoms with Gasteiger partial charge in [0, 0.05) is 19.6 Å². The van der Waals surface area contributed by atoms with E-state index < -0.39 is 5.91 Å². The van der Waals surface area contributed by atoms with Crippen LogP contribution in [0.4, 0.5) is 0 Å². The molecule has 2 rings (SSSR count). The molecular weight excluding hydrogens is 238 g/mol. The molecule has 2 amide bonds. The van der Waals surface area contributed by atoms with Gasteiger partial charge in [0.15, 0.2) is 5.69 Å².